The van der Waals surface area contributed by atoms with Crippen LogP contribution in [0.2, 0.25) is 10.4 Å². The van der Waals surface area contributed by atoms with Crippen molar-refractivity contribution < 1.29 is 9.47 Å². The molecule has 0 atom stereocenters. The van der Waals surface area contributed by atoms with Gasteiger partial charge < -0.3 is 19.3 Å². The van der Waals surface area contributed by atoms with Crippen molar-refractivity contribution >= 4 is 46.0 Å². The van der Waals surface area contributed by atoms with Crippen LogP contribution < -0.4 is 9.80 Å². The van der Waals surface area contributed by atoms with Gasteiger partial charge in [0.25, 0.3) is 0 Å². The number of halogens is 2. The summed E-state index contributed by atoms with van der Waals surface area (Å²) in [6.07, 6.45) is 0. The summed E-state index contributed by atoms with van der Waals surface area (Å²) in [5.41, 5.74) is 1.01. The maximum absolute atomic E-state index is 6.40. The van der Waals surface area contributed by atoms with E-state index in [0.29, 0.717) is 67.5 Å². The third-order valence-corrected chi connectivity index (χ3v) is 4.47. The molecule has 8 nitrogen and oxygen atoms in total. The van der Waals surface area contributed by atoms with Gasteiger partial charge in [0.2, 0.25) is 5.28 Å². The molecule has 0 aromatic carbocycles. The van der Waals surface area contributed by atoms with Crippen LogP contribution in [0.5, 0.6) is 0 Å². The van der Waals surface area contributed by atoms with Crippen molar-refractivity contribution in [1.29, 1.82) is 0 Å². The number of morpholine rings is 2. The van der Waals surface area contributed by atoms with Crippen molar-refractivity contribution in [2.45, 2.75) is 0 Å². The number of rotatable bonds is 2. The van der Waals surface area contributed by atoms with E-state index in [4.69, 9.17) is 32.7 Å². The minimum absolute atomic E-state index is 0.147. The Labute approximate surface area is 148 Å². The van der Waals surface area contributed by atoms with Gasteiger partial charge in [-0.25, -0.2) is 9.97 Å². The van der Waals surface area contributed by atoms with Crippen molar-refractivity contribution in [1.82, 2.24) is 19.9 Å². The highest BCUT2D eigenvalue weighted by molar-refractivity contribution is 6.32. The Morgan fingerprint density at radius 3 is 1.92 bits per heavy atom. The Balaban J connectivity index is 1.79. The zero-order chi connectivity index (χ0) is 16.5. The molecule has 2 saturated heterocycles. The Morgan fingerprint density at radius 1 is 0.708 bits per heavy atom. The first-order chi connectivity index (χ1) is 11.7. The molecule has 0 spiro atoms. The SMILES string of the molecule is Clc1nc(N2CCOCC2)c2nc(Cl)c(N3CCOCC3)nc2n1. The molecule has 0 saturated carbocycles. The maximum atomic E-state index is 6.40. The van der Waals surface area contributed by atoms with Crippen molar-refractivity contribution in [3.8, 4) is 0 Å². The van der Waals surface area contributed by atoms with Crippen LogP contribution in [0.1, 0.15) is 0 Å². The second-order valence-electron chi connectivity index (χ2n) is 5.53. The molecule has 4 rings (SSSR count). The quantitative estimate of drug-likeness (QED) is 0.734. The normalized spacial score (nSPS) is 19.1. The Hall–Kier alpha value is -1.48. The number of ether oxygens (including phenoxy) is 2. The summed E-state index contributed by atoms with van der Waals surface area (Å²) in [7, 11) is 0. The van der Waals surface area contributed by atoms with E-state index in [1.807, 2.05) is 4.90 Å². The number of anilines is 2. The maximum Gasteiger partial charge on any atom is 0.226 e. The second-order valence-corrected chi connectivity index (χ2v) is 6.22. The summed E-state index contributed by atoms with van der Waals surface area (Å²) in [5.74, 6) is 1.26. The van der Waals surface area contributed by atoms with Gasteiger partial charge in [-0.05, 0) is 11.6 Å². The third-order valence-electron chi connectivity index (χ3n) is 4.05. The van der Waals surface area contributed by atoms with E-state index in [9.17, 15) is 0 Å². The number of hydrogen-bond acceptors (Lipinski definition) is 8. The summed E-state index contributed by atoms with van der Waals surface area (Å²) >= 11 is 12.5. The highest BCUT2D eigenvalue weighted by atomic mass is 35.5. The lowest BCUT2D eigenvalue weighted by atomic mass is 10.3. The van der Waals surface area contributed by atoms with Crippen LogP contribution in [0.25, 0.3) is 11.2 Å². The highest BCUT2D eigenvalue weighted by Crippen LogP contribution is 2.30. The molecule has 128 valence electrons. The van der Waals surface area contributed by atoms with Crippen molar-refractivity contribution in [3.05, 3.63) is 10.4 Å². The molecular weight excluding hydrogens is 355 g/mol. The summed E-state index contributed by atoms with van der Waals surface area (Å²) in [5, 5.41) is 0.485. The van der Waals surface area contributed by atoms with Crippen LogP contribution >= 0.6 is 23.2 Å². The van der Waals surface area contributed by atoms with Gasteiger partial charge in [-0.3, -0.25) is 0 Å². The summed E-state index contributed by atoms with van der Waals surface area (Å²) < 4.78 is 10.8. The molecule has 0 amide bonds. The Bertz CT molecular complexity index is 750. The first-order valence-electron chi connectivity index (χ1n) is 7.78. The van der Waals surface area contributed by atoms with E-state index in [1.54, 1.807) is 0 Å². The van der Waals surface area contributed by atoms with E-state index >= 15 is 0 Å². The standard InChI is InChI=1S/C14H16Cl2N6O2/c15-10-13(22-3-7-24-8-4-22)18-11-9(17-10)12(20-14(16)19-11)21-1-5-23-6-2-21/h1-8H2. The van der Waals surface area contributed by atoms with E-state index < -0.39 is 0 Å². The fourth-order valence-corrected chi connectivity index (χ4v) is 3.26. The molecule has 0 aliphatic carbocycles. The molecule has 2 fully saturated rings. The minimum atomic E-state index is 0.147. The molecule has 0 bridgehead atoms. The largest absolute Gasteiger partial charge is 0.378 e. The molecule has 4 heterocycles. The summed E-state index contributed by atoms with van der Waals surface area (Å²) in [4.78, 5) is 21.8. The average Bonchev–Trinajstić information content (AvgIpc) is 2.62. The second kappa shape index (κ2) is 6.79. The van der Waals surface area contributed by atoms with Gasteiger partial charge >= 0.3 is 0 Å². The number of aromatic nitrogens is 4. The third kappa shape index (κ3) is 3.06. The van der Waals surface area contributed by atoms with Crippen LogP contribution in [-0.2, 0) is 9.47 Å². The van der Waals surface area contributed by atoms with Crippen molar-refractivity contribution in [2.75, 3.05) is 62.4 Å². The lowest BCUT2D eigenvalue weighted by Crippen LogP contribution is -2.38. The van der Waals surface area contributed by atoms with Crippen molar-refractivity contribution in [3.63, 3.8) is 0 Å². The fourth-order valence-electron chi connectivity index (χ4n) is 2.85. The van der Waals surface area contributed by atoms with Gasteiger partial charge in [0, 0.05) is 26.2 Å². The monoisotopic (exact) mass is 370 g/mol. The predicted molar refractivity (Wildman–Crippen MR) is 91.2 cm³/mol. The summed E-state index contributed by atoms with van der Waals surface area (Å²) in [6.45, 7) is 5.41. The van der Waals surface area contributed by atoms with Crippen molar-refractivity contribution in [2.24, 2.45) is 0 Å². The van der Waals surface area contributed by atoms with Gasteiger partial charge in [-0.15, -0.1) is 0 Å². The van der Waals surface area contributed by atoms with Gasteiger partial charge in [0.05, 0.1) is 26.4 Å². The van der Waals surface area contributed by atoms with E-state index in [-0.39, 0.29) is 5.28 Å². The first-order valence-corrected chi connectivity index (χ1v) is 8.54. The average molecular weight is 371 g/mol. The van der Waals surface area contributed by atoms with Gasteiger partial charge in [-0.1, -0.05) is 11.6 Å². The molecule has 2 aliphatic rings. The molecule has 2 aliphatic heterocycles. The van der Waals surface area contributed by atoms with Gasteiger partial charge in [0.1, 0.15) is 0 Å². The van der Waals surface area contributed by atoms with E-state index in [2.05, 4.69) is 24.8 Å². The molecule has 24 heavy (non-hydrogen) atoms. The fraction of sp³-hybridized carbons (Fsp3) is 0.571. The number of fused-ring (bicyclic) bond motifs is 1. The lowest BCUT2D eigenvalue weighted by Gasteiger charge is -2.29. The van der Waals surface area contributed by atoms with Crippen LogP contribution in [0.3, 0.4) is 0 Å². The van der Waals surface area contributed by atoms with Gasteiger partial charge in [-0.2, -0.15) is 9.97 Å². The number of hydrogen-bond donors (Lipinski definition) is 0. The zero-order valence-electron chi connectivity index (χ0n) is 12.9. The molecule has 0 unspecified atom stereocenters. The Kier molecular flexibility index (Phi) is 4.53. The molecule has 0 radical (unpaired) electrons. The Morgan fingerprint density at radius 2 is 1.29 bits per heavy atom. The van der Waals surface area contributed by atoms with Crippen LogP contribution in [0.4, 0.5) is 11.6 Å². The predicted octanol–water partition coefficient (Wildman–Crippen LogP) is 1.40. The summed E-state index contributed by atoms with van der Waals surface area (Å²) in [6, 6.07) is 0. The molecular formula is C14H16Cl2N6O2. The van der Waals surface area contributed by atoms with Gasteiger partial charge in [0.15, 0.2) is 28.0 Å². The molecule has 10 heteroatoms. The smallest absolute Gasteiger partial charge is 0.226 e. The molecule has 0 N–H and O–H groups in total. The zero-order valence-corrected chi connectivity index (χ0v) is 14.4. The number of nitrogens with zero attached hydrogens (tertiary/aromatic N) is 6. The molecule has 2 aromatic heterocycles. The van der Waals surface area contributed by atoms with E-state index in [1.165, 1.54) is 0 Å². The molecule has 2 aromatic rings. The highest BCUT2D eigenvalue weighted by Gasteiger charge is 2.23. The first kappa shape index (κ1) is 16.0. The van der Waals surface area contributed by atoms with Crippen LogP contribution in [0, 0.1) is 0 Å². The van der Waals surface area contributed by atoms with Crippen LogP contribution in [-0.4, -0.2) is 72.5 Å². The topological polar surface area (TPSA) is 76.5 Å². The van der Waals surface area contributed by atoms with Crippen LogP contribution in [0.15, 0.2) is 0 Å². The lowest BCUT2D eigenvalue weighted by molar-refractivity contribution is 0.122. The minimum Gasteiger partial charge on any atom is -0.378 e. The van der Waals surface area contributed by atoms with E-state index in [0.717, 1.165) is 13.1 Å².